The van der Waals surface area contributed by atoms with Crippen molar-refractivity contribution in [3.63, 3.8) is 0 Å². The molecule has 0 radical (unpaired) electrons. The Balaban J connectivity index is 2.74. The second-order valence-electron chi connectivity index (χ2n) is 4.49. The van der Waals surface area contributed by atoms with E-state index in [0.29, 0.717) is 12.0 Å². The van der Waals surface area contributed by atoms with Gasteiger partial charge in [-0.1, -0.05) is 19.9 Å². The topological polar surface area (TPSA) is 6.48 Å². The summed E-state index contributed by atoms with van der Waals surface area (Å²) < 4.78 is 0. The first-order valence-corrected chi connectivity index (χ1v) is 5.97. The Bertz CT molecular complexity index is 249. The second kappa shape index (κ2) is 5.24. The molecule has 0 fully saturated rings. The van der Waals surface area contributed by atoms with Gasteiger partial charge in [0.2, 0.25) is 0 Å². The first-order chi connectivity index (χ1) is 7.10. The molecule has 0 saturated carbocycles. The molecule has 1 atom stereocenters. The molecule has 0 aromatic heterocycles. The normalized spacial score (nSPS) is 20.8. The Kier molecular flexibility index (Phi) is 4.25. The van der Waals surface area contributed by atoms with E-state index in [9.17, 15) is 0 Å². The molecule has 1 unspecified atom stereocenters. The summed E-state index contributed by atoms with van der Waals surface area (Å²) in [5, 5.41) is 0. The van der Waals surface area contributed by atoms with Crippen molar-refractivity contribution in [2.45, 2.75) is 33.7 Å². The lowest BCUT2D eigenvalue weighted by molar-refractivity contribution is 0.287. The maximum absolute atomic E-state index is 2.38. The molecule has 0 spiro atoms. The summed E-state index contributed by atoms with van der Waals surface area (Å²) in [6.07, 6.45) is 6.84. The lowest BCUT2D eigenvalue weighted by atomic mass is 10.0. The van der Waals surface area contributed by atoms with Crippen molar-refractivity contribution in [2.24, 2.45) is 5.92 Å². The van der Waals surface area contributed by atoms with Crippen molar-refractivity contribution >= 4 is 0 Å². The fourth-order valence-corrected chi connectivity index (χ4v) is 2.14. The third-order valence-electron chi connectivity index (χ3n) is 3.08. The number of hydrogen-bond acceptors (Lipinski definition) is 2. The molecule has 15 heavy (non-hydrogen) atoms. The summed E-state index contributed by atoms with van der Waals surface area (Å²) in [7, 11) is 2.16. The molecule has 1 aliphatic rings. The second-order valence-corrected chi connectivity index (χ2v) is 4.49. The highest BCUT2D eigenvalue weighted by Crippen LogP contribution is 2.19. The average Bonchev–Trinajstić information content (AvgIpc) is 2.19. The summed E-state index contributed by atoms with van der Waals surface area (Å²) >= 11 is 0. The van der Waals surface area contributed by atoms with Gasteiger partial charge in [-0.15, -0.1) is 0 Å². The molecule has 2 heteroatoms. The standard InChI is InChI=1S/C13H24N2/c1-6-15(7-2)12-8-9-13(11(3)4)14(5)10-12/h8-11,13H,6-7H2,1-5H3. The SMILES string of the molecule is CCN(CC)C1=CN(C)C(C(C)C)C=C1. The predicted molar refractivity (Wildman–Crippen MR) is 66.5 cm³/mol. The molecule has 2 nitrogen and oxygen atoms in total. The fourth-order valence-electron chi connectivity index (χ4n) is 2.14. The minimum Gasteiger partial charge on any atom is -0.372 e. The van der Waals surface area contributed by atoms with Crippen LogP contribution in [0.3, 0.4) is 0 Å². The van der Waals surface area contributed by atoms with Gasteiger partial charge in [0.05, 0.1) is 5.70 Å². The molecule has 0 saturated heterocycles. The van der Waals surface area contributed by atoms with Gasteiger partial charge >= 0.3 is 0 Å². The van der Waals surface area contributed by atoms with Gasteiger partial charge < -0.3 is 9.80 Å². The van der Waals surface area contributed by atoms with E-state index in [2.05, 4.69) is 62.9 Å². The smallest absolute Gasteiger partial charge is 0.0525 e. The first-order valence-electron chi connectivity index (χ1n) is 5.97. The highest BCUT2D eigenvalue weighted by molar-refractivity contribution is 5.23. The van der Waals surface area contributed by atoms with Crippen LogP contribution in [0, 0.1) is 5.92 Å². The van der Waals surface area contributed by atoms with E-state index >= 15 is 0 Å². The fraction of sp³-hybridized carbons (Fsp3) is 0.692. The minimum atomic E-state index is 0.546. The summed E-state index contributed by atoms with van der Waals surface area (Å²) in [5.74, 6) is 0.667. The maximum atomic E-state index is 2.38. The molecule has 0 aromatic carbocycles. The Morgan fingerprint density at radius 3 is 2.33 bits per heavy atom. The third-order valence-corrected chi connectivity index (χ3v) is 3.08. The largest absolute Gasteiger partial charge is 0.372 e. The Morgan fingerprint density at radius 1 is 1.33 bits per heavy atom. The van der Waals surface area contributed by atoms with Gasteiger partial charge in [0.25, 0.3) is 0 Å². The first kappa shape index (κ1) is 12.2. The van der Waals surface area contributed by atoms with Gasteiger partial charge in [0.1, 0.15) is 0 Å². The number of hydrogen-bond donors (Lipinski definition) is 0. The van der Waals surface area contributed by atoms with Gasteiger partial charge in [-0.05, 0) is 25.8 Å². The Labute approximate surface area is 94.3 Å². The molecule has 0 bridgehead atoms. The van der Waals surface area contributed by atoms with Crippen molar-refractivity contribution in [1.29, 1.82) is 0 Å². The summed E-state index contributed by atoms with van der Waals surface area (Å²) in [6, 6.07) is 0.546. The van der Waals surface area contributed by atoms with E-state index in [0.717, 1.165) is 13.1 Å². The maximum Gasteiger partial charge on any atom is 0.0525 e. The van der Waals surface area contributed by atoms with E-state index < -0.39 is 0 Å². The van der Waals surface area contributed by atoms with Crippen molar-refractivity contribution in [3.8, 4) is 0 Å². The number of allylic oxidation sites excluding steroid dienone is 1. The van der Waals surface area contributed by atoms with E-state index in [1.165, 1.54) is 5.70 Å². The van der Waals surface area contributed by atoms with Crippen LogP contribution in [0.2, 0.25) is 0 Å². The molecule has 1 rings (SSSR count). The molecule has 86 valence electrons. The van der Waals surface area contributed by atoms with Crippen LogP contribution in [0.15, 0.2) is 24.0 Å². The highest BCUT2D eigenvalue weighted by Gasteiger charge is 2.18. The zero-order valence-corrected chi connectivity index (χ0v) is 10.7. The van der Waals surface area contributed by atoms with Crippen LogP contribution in [0.4, 0.5) is 0 Å². The van der Waals surface area contributed by atoms with Crippen molar-refractivity contribution in [2.75, 3.05) is 20.1 Å². The Morgan fingerprint density at radius 2 is 1.93 bits per heavy atom. The predicted octanol–water partition coefficient (Wildman–Crippen LogP) is 2.70. The summed E-state index contributed by atoms with van der Waals surface area (Å²) in [5.41, 5.74) is 1.33. The van der Waals surface area contributed by atoms with Gasteiger partial charge in [-0.25, -0.2) is 0 Å². The van der Waals surface area contributed by atoms with Crippen molar-refractivity contribution in [3.05, 3.63) is 24.0 Å². The van der Waals surface area contributed by atoms with E-state index in [-0.39, 0.29) is 0 Å². The third kappa shape index (κ3) is 2.77. The average molecular weight is 208 g/mol. The van der Waals surface area contributed by atoms with Crippen molar-refractivity contribution < 1.29 is 0 Å². The quantitative estimate of drug-likeness (QED) is 0.701. The van der Waals surface area contributed by atoms with Gasteiger partial charge in [0.15, 0.2) is 0 Å². The van der Waals surface area contributed by atoms with Gasteiger partial charge in [-0.2, -0.15) is 0 Å². The number of rotatable bonds is 4. The van der Waals surface area contributed by atoms with Crippen LogP contribution < -0.4 is 0 Å². The van der Waals surface area contributed by atoms with Gasteiger partial charge in [-0.3, -0.25) is 0 Å². The zero-order valence-electron chi connectivity index (χ0n) is 10.7. The van der Waals surface area contributed by atoms with Crippen LogP contribution >= 0.6 is 0 Å². The zero-order chi connectivity index (χ0) is 11.4. The summed E-state index contributed by atoms with van der Waals surface area (Å²) in [6.45, 7) is 11.1. The van der Waals surface area contributed by atoms with E-state index in [4.69, 9.17) is 0 Å². The number of likely N-dealkylation sites (N-methyl/N-ethyl adjacent to an activating group) is 2. The van der Waals surface area contributed by atoms with Crippen LogP contribution in [0.25, 0.3) is 0 Å². The van der Waals surface area contributed by atoms with E-state index in [1.807, 2.05) is 0 Å². The lowest BCUT2D eigenvalue weighted by Crippen LogP contribution is -2.35. The molecular weight excluding hydrogens is 184 g/mol. The van der Waals surface area contributed by atoms with Crippen LogP contribution in [0.1, 0.15) is 27.7 Å². The van der Waals surface area contributed by atoms with Crippen LogP contribution in [0.5, 0.6) is 0 Å². The Hall–Kier alpha value is -0.920. The van der Waals surface area contributed by atoms with E-state index in [1.54, 1.807) is 0 Å². The monoisotopic (exact) mass is 208 g/mol. The molecule has 0 amide bonds. The molecule has 1 heterocycles. The molecule has 0 N–H and O–H groups in total. The van der Waals surface area contributed by atoms with Gasteiger partial charge in [0, 0.05) is 32.4 Å². The number of nitrogens with zero attached hydrogens (tertiary/aromatic N) is 2. The van der Waals surface area contributed by atoms with Crippen LogP contribution in [-0.2, 0) is 0 Å². The highest BCUT2D eigenvalue weighted by atomic mass is 15.2. The van der Waals surface area contributed by atoms with Crippen LogP contribution in [-0.4, -0.2) is 36.0 Å². The summed E-state index contributed by atoms with van der Waals surface area (Å²) in [4.78, 5) is 4.70. The van der Waals surface area contributed by atoms with Crippen molar-refractivity contribution in [1.82, 2.24) is 9.80 Å². The molecular formula is C13H24N2. The lowest BCUT2D eigenvalue weighted by Gasteiger charge is -2.34. The molecule has 0 aromatic rings. The molecule has 1 aliphatic heterocycles. The minimum absolute atomic E-state index is 0.546. The molecule has 0 aliphatic carbocycles.